The Balaban J connectivity index is 1.55. The molecule has 1 aromatic heterocycles. The molecule has 1 amide bonds. The second-order valence-corrected chi connectivity index (χ2v) is 8.69. The molecular weight excluding hydrogens is 476 g/mol. The van der Waals surface area contributed by atoms with Crippen LogP contribution in [0.1, 0.15) is 41.8 Å². The van der Waals surface area contributed by atoms with Crippen molar-refractivity contribution in [2.24, 2.45) is 0 Å². The summed E-state index contributed by atoms with van der Waals surface area (Å²) < 4.78 is 33.9. The van der Waals surface area contributed by atoms with E-state index in [0.29, 0.717) is 23.4 Å². The van der Waals surface area contributed by atoms with Crippen LogP contribution in [0, 0.1) is 11.6 Å². The van der Waals surface area contributed by atoms with Gasteiger partial charge in [-0.3, -0.25) is 4.79 Å². The molecule has 7 nitrogen and oxygen atoms in total. The van der Waals surface area contributed by atoms with Crippen molar-refractivity contribution in [2.75, 3.05) is 31.9 Å². The Morgan fingerprint density at radius 1 is 1.20 bits per heavy atom. The molecule has 184 valence electrons. The number of aromatic nitrogens is 2. The fourth-order valence-electron chi connectivity index (χ4n) is 4.07. The molecule has 0 saturated carbocycles. The van der Waals surface area contributed by atoms with E-state index in [1.54, 1.807) is 24.3 Å². The van der Waals surface area contributed by atoms with Gasteiger partial charge in [0.2, 0.25) is 0 Å². The van der Waals surface area contributed by atoms with Gasteiger partial charge in [0.05, 0.1) is 16.9 Å². The first-order valence-corrected chi connectivity index (χ1v) is 11.8. The first-order chi connectivity index (χ1) is 16.8. The Bertz CT molecular complexity index is 1220. The number of hydrogen-bond donors (Lipinski definition) is 2. The predicted octanol–water partition coefficient (Wildman–Crippen LogP) is 4.62. The van der Waals surface area contributed by atoms with Crippen LogP contribution < -0.4 is 15.8 Å². The van der Waals surface area contributed by atoms with Gasteiger partial charge in [0.15, 0.2) is 5.82 Å². The summed E-state index contributed by atoms with van der Waals surface area (Å²) in [7, 11) is 0. The Kier molecular flexibility index (Phi) is 7.77. The molecule has 1 atom stereocenters. The number of anilines is 1. The minimum absolute atomic E-state index is 0.0407. The molecule has 0 bridgehead atoms. The molecular formula is C25H26ClF2N5O2. The average molecular weight is 502 g/mol. The summed E-state index contributed by atoms with van der Waals surface area (Å²) in [6, 6.07) is 8.89. The Morgan fingerprint density at radius 3 is 2.69 bits per heavy atom. The van der Waals surface area contributed by atoms with Crippen molar-refractivity contribution < 1.29 is 18.3 Å². The highest BCUT2D eigenvalue weighted by molar-refractivity contribution is 6.31. The first-order valence-electron chi connectivity index (χ1n) is 11.4. The maximum Gasteiger partial charge on any atom is 0.258 e. The van der Waals surface area contributed by atoms with Crippen LogP contribution in [0.4, 0.5) is 14.6 Å². The van der Waals surface area contributed by atoms with E-state index in [-0.39, 0.29) is 28.2 Å². The number of nitrogens with one attached hydrogen (secondary N) is 1. The van der Waals surface area contributed by atoms with Crippen molar-refractivity contribution in [3.05, 3.63) is 70.4 Å². The van der Waals surface area contributed by atoms with E-state index in [1.807, 2.05) is 0 Å². The zero-order valence-corrected chi connectivity index (χ0v) is 20.0. The van der Waals surface area contributed by atoms with Crippen LogP contribution in [-0.4, -0.2) is 47.0 Å². The zero-order valence-electron chi connectivity index (χ0n) is 19.2. The number of nitrogen functional groups attached to an aromatic ring is 1. The highest BCUT2D eigenvalue weighted by Gasteiger charge is 2.22. The molecule has 1 saturated heterocycles. The minimum atomic E-state index is -1.01. The van der Waals surface area contributed by atoms with Crippen molar-refractivity contribution in [3.63, 3.8) is 0 Å². The summed E-state index contributed by atoms with van der Waals surface area (Å²) in [4.78, 5) is 23.8. The van der Waals surface area contributed by atoms with Crippen molar-refractivity contribution in [1.82, 2.24) is 20.2 Å². The smallest absolute Gasteiger partial charge is 0.258 e. The largest absolute Gasteiger partial charge is 0.467 e. The molecule has 1 aliphatic heterocycles. The van der Waals surface area contributed by atoms with E-state index in [1.165, 1.54) is 26.0 Å². The monoisotopic (exact) mass is 501 g/mol. The summed E-state index contributed by atoms with van der Waals surface area (Å²) in [5, 5.41) is 2.58. The number of benzene rings is 2. The van der Waals surface area contributed by atoms with E-state index in [2.05, 4.69) is 20.2 Å². The van der Waals surface area contributed by atoms with Gasteiger partial charge in [-0.15, -0.1) is 0 Å². The van der Waals surface area contributed by atoms with Crippen LogP contribution in [0.15, 0.2) is 42.6 Å². The Hall–Kier alpha value is -3.30. The molecule has 1 unspecified atom stereocenters. The molecule has 1 fully saturated rings. The molecule has 35 heavy (non-hydrogen) atoms. The summed E-state index contributed by atoms with van der Waals surface area (Å²) in [5.41, 5.74) is 7.08. The molecule has 3 N–H and O–H groups in total. The predicted molar refractivity (Wildman–Crippen MR) is 130 cm³/mol. The number of carbonyl (C=O) groups is 1. The maximum atomic E-state index is 14.3. The lowest BCUT2D eigenvalue weighted by Gasteiger charge is -2.18. The van der Waals surface area contributed by atoms with Crippen LogP contribution in [0.2, 0.25) is 5.02 Å². The molecule has 0 spiro atoms. The number of likely N-dealkylation sites (tertiary alicyclic amines) is 1. The fourth-order valence-corrected chi connectivity index (χ4v) is 4.38. The lowest BCUT2D eigenvalue weighted by Crippen LogP contribution is -2.33. The van der Waals surface area contributed by atoms with Crippen LogP contribution in [-0.2, 0) is 0 Å². The third-order valence-corrected chi connectivity index (χ3v) is 6.29. The van der Waals surface area contributed by atoms with Crippen molar-refractivity contribution in [3.8, 4) is 17.1 Å². The van der Waals surface area contributed by atoms with Gasteiger partial charge in [0.1, 0.15) is 17.7 Å². The Labute approximate surface area is 207 Å². The quantitative estimate of drug-likeness (QED) is 0.437. The third-order valence-electron chi connectivity index (χ3n) is 5.90. The number of halogens is 3. The van der Waals surface area contributed by atoms with Gasteiger partial charge in [-0.25, -0.2) is 18.7 Å². The van der Waals surface area contributed by atoms with Crippen molar-refractivity contribution in [1.29, 1.82) is 0 Å². The third kappa shape index (κ3) is 5.68. The topological polar surface area (TPSA) is 93.4 Å². The summed E-state index contributed by atoms with van der Waals surface area (Å²) in [6.45, 7) is 4.94. The molecule has 1 aliphatic rings. The van der Waals surface area contributed by atoms with E-state index < -0.39 is 17.7 Å². The number of nitrogens with zero attached hydrogens (tertiary/aromatic N) is 3. The number of amides is 1. The lowest BCUT2D eigenvalue weighted by atomic mass is 10.0. The number of rotatable bonds is 8. The first kappa shape index (κ1) is 24.8. The van der Waals surface area contributed by atoms with Gasteiger partial charge in [-0.05, 0) is 51.1 Å². The highest BCUT2D eigenvalue weighted by Crippen LogP contribution is 2.33. The number of nitrogens with two attached hydrogens (primary N) is 1. The average Bonchev–Trinajstić information content (AvgIpc) is 3.36. The van der Waals surface area contributed by atoms with E-state index >= 15 is 0 Å². The normalized spacial score (nSPS) is 14.6. The maximum absolute atomic E-state index is 14.3. The van der Waals surface area contributed by atoms with Gasteiger partial charge in [-0.1, -0.05) is 29.8 Å². The molecule has 4 rings (SSSR count). The molecule has 2 aromatic carbocycles. The fraction of sp³-hybridized carbons (Fsp3) is 0.320. The number of carbonyl (C=O) groups excluding carboxylic acids is 1. The molecule has 3 aromatic rings. The van der Waals surface area contributed by atoms with E-state index in [0.717, 1.165) is 31.8 Å². The second kappa shape index (κ2) is 11.0. The van der Waals surface area contributed by atoms with Crippen LogP contribution in [0.25, 0.3) is 11.3 Å². The summed E-state index contributed by atoms with van der Waals surface area (Å²) in [5.74, 6) is -1.85. The van der Waals surface area contributed by atoms with Crippen LogP contribution >= 0.6 is 11.6 Å². The zero-order chi connectivity index (χ0) is 24.9. The highest BCUT2D eigenvalue weighted by atomic mass is 35.5. The minimum Gasteiger partial charge on any atom is -0.467 e. The second-order valence-electron chi connectivity index (χ2n) is 8.31. The van der Waals surface area contributed by atoms with Gasteiger partial charge in [0, 0.05) is 29.8 Å². The lowest BCUT2D eigenvalue weighted by molar-refractivity contribution is 0.0950. The molecule has 0 aliphatic carbocycles. The van der Waals surface area contributed by atoms with Crippen LogP contribution in [0.3, 0.4) is 0 Å². The van der Waals surface area contributed by atoms with E-state index in [4.69, 9.17) is 22.1 Å². The molecule has 2 heterocycles. The van der Waals surface area contributed by atoms with Gasteiger partial charge in [-0.2, -0.15) is 0 Å². The summed E-state index contributed by atoms with van der Waals surface area (Å²) >= 11 is 5.96. The van der Waals surface area contributed by atoms with Crippen molar-refractivity contribution >= 4 is 23.3 Å². The number of ether oxygens (including phenoxy) is 1. The SMILES string of the molecule is CC(Oc1nc(-c2ccccc2C(=O)NCCN2CCCC2)cnc1N)c1c(F)ccc(F)c1Cl. The van der Waals surface area contributed by atoms with Gasteiger partial charge >= 0.3 is 0 Å². The van der Waals surface area contributed by atoms with Gasteiger partial charge < -0.3 is 20.7 Å². The van der Waals surface area contributed by atoms with Gasteiger partial charge in [0.25, 0.3) is 11.8 Å². The Morgan fingerprint density at radius 2 is 1.91 bits per heavy atom. The van der Waals surface area contributed by atoms with Crippen molar-refractivity contribution in [2.45, 2.75) is 25.9 Å². The van der Waals surface area contributed by atoms with E-state index in [9.17, 15) is 13.6 Å². The van der Waals surface area contributed by atoms with Crippen LogP contribution in [0.5, 0.6) is 5.88 Å². The summed E-state index contributed by atoms with van der Waals surface area (Å²) in [6.07, 6.45) is 2.80. The number of hydrogen-bond acceptors (Lipinski definition) is 6. The molecule has 10 heteroatoms. The standard InChI is InChI=1S/C25H26ClF2N5O2/c1-15(21-18(27)8-9-19(28)22(21)26)35-25-23(29)31-14-20(32-25)16-6-2-3-7-17(16)24(34)30-10-13-33-11-4-5-12-33/h2-3,6-9,14-15H,4-5,10-13H2,1H3,(H2,29,31)(H,30,34). The molecule has 0 radical (unpaired) electrons.